The molecule has 2 atom stereocenters. The van der Waals surface area contributed by atoms with Crippen molar-refractivity contribution in [3.63, 3.8) is 0 Å². The van der Waals surface area contributed by atoms with Crippen molar-refractivity contribution >= 4 is 27.5 Å². The van der Waals surface area contributed by atoms with E-state index in [1.807, 2.05) is 0 Å². The molecule has 1 amide bonds. The average molecular weight is 580 g/mol. The second-order valence-corrected chi connectivity index (χ2v) is 12.3. The minimum Gasteiger partial charge on any atom is -0.391 e. The molecule has 2 aliphatic heterocycles. The number of hydrogen-bond acceptors (Lipinski definition) is 8. The molecule has 0 aliphatic carbocycles. The van der Waals surface area contributed by atoms with Crippen molar-refractivity contribution < 1.29 is 26.8 Å². The van der Waals surface area contributed by atoms with Gasteiger partial charge in [0.15, 0.2) is 5.03 Å². The minimum absolute atomic E-state index is 0.00503. The first-order valence-corrected chi connectivity index (χ1v) is 14.1. The number of rotatable bonds is 7. The largest absolute Gasteiger partial charge is 0.434 e. The number of amides is 1. The van der Waals surface area contributed by atoms with Crippen molar-refractivity contribution in [3.05, 3.63) is 73.9 Å². The number of sulfonamides is 1. The number of aryl methyl sites for hydroxylation is 1. The Morgan fingerprint density at radius 1 is 1.26 bits per heavy atom. The molecule has 2 saturated heterocycles. The van der Waals surface area contributed by atoms with E-state index in [0.717, 1.165) is 18.1 Å². The Balaban J connectivity index is 1.48. The summed E-state index contributed by atoms with van der Waals surface area (Å²) in [6.45, 7) is 7.19. The Morgan fingerprint density at radius 3 is 2.62 bits per heavy atom. The van der Waals surface area contributed by atoms with Crippen LogP contribution in [0.1, 0.15) is 58.4 Å². The van der Waals surface area contributed by atoms with Gasteiger partial charge in [-0.15, -0.1) is 5.10 Å². The monoisotopic (exact) mass is 579 g/mol. The van der Waals surface area contributed by atoms with Crippen molar-refractivity contribution in [2.45, 2.75) is 44.2 Å². The van der Waals surface area contributed by atoms with E-state index in [0.29, 0.717) is 31.9 Å². The summed E-state index contributed by atoms with van der Waals surface area (Å²) >= 11 is 6.27. The molecule has 0 radical (unpaired) electrons. The summed E-state index contributed by atoms with van der Waals surface area (Å²) in [6, 6.07) is 4.06. The zero-order chi connectivity index (χ0) is 28.1. The van der Waals surface area contributed by atoms with Gasteiger partial charge in [0.05, 0.1) is 18.2 Å². The highest BCUT2D eigenvalue weighted by molar-refractivity contribution is 7.89. The number of halogens is 2. The Bertz CT molecular complexity index is 1600. The number of nitrogens with zero attached hydrogens (tertiary/aromatic N) is 3. The number of ether oxygens (including phenoxy) is 1. The second-order valence-electron chi connectivity index (χ2n) is 10.2. The van der Waals surface area contributed by atoms with Gasteiger partial charge >= 0.3 is 5.76 Å². The number of aromatic nitrogens is 3. The van der Waals surface area contributed by atoms with Crippen molar-refractivity contribution in [3.8, 4) is 0 Å². The summed E-state index contributed by atoms with van der Waals surface area (Å²) in [4.78, 5) is 30.7. The van der Waals surface area contributed by atoms with Crippen LogP contribution in [0.2, 0.25) is 5.02 Å². The summed E-state index contributed by atoms with van der Waals surface area (Å²) in [5, 5.41) is 5.43. The number of carbonyl (C=O) groups is 1. The van der Waals surface area contributed by atoms with Crippen LogP contribution in [0.5, 0.6) is 0 Å². The van der Waals surface area contributed by atoms with E-state index in [1.54, 1.807) is 31.7 Å². The van der Waals surface area contributed by atoms with Gasteiger partial charge < -0.3 is 14.1 Å². The van der Waals surface area contributed by atoms with E-state index in [-0.39, 0.29) is 27.6 Å². The van der Waals surface area contributed by atoms with E-state index >= 15 is 0 Å². The van der Waals surface area contributed by atoms with Crippen LogP contribution in [0.3, 0.4) is 0 Å². The lowest BCUT2D eigenvalue weighted by Crippen LogP contribution is -2.45. The molecule has 4 heterocycles. The Kier molecular flexibility index (Phi) is 7.12. The highest BCUT2D eigenvalue weighted by Gasteiger charge is 2.46. The number of H-pyrrole nitrogens is 1. The van der Waals surface area contributed by atoms with E-state index in [9.17, 15) is 22.4 Å². The molecule has 208 valence electrons. The Hall–Kier alpha value is -3.13. The first kappa shape index (κ1) is 27.4. The first-order chi connectivity index (χ1) is 18.4. The normalized spacial score (nSPS) is 18.2. The van der Waals surface area contributed by atoms with Crippen LogP contribution in [-0.2, 0) is 14.8 Å². The Morgan fingerprint density at radius 2 is 2.00 bits per heavy atom. The minimum atomic E-state index is -4.45. The van der Waals surface area contributed by atoms with Crippen molar-refractivity contribution in [2.24, 2.45) is 5.41 Å². The molecule has 2 aliphatic rings. The van der Waals surface area contributed by atoms with Gasteiger partial charge in [-0.05, 0) is 55.2 Å². The number of pyridine rings is 1. The third kappa shape index (κ3) is 5.11. The number of hydrogen-bond donors (Lipinski definition) is 2. The molecule has 1 aromatic carbocycles. The number of benzene rings is 1. The molecule has 3 aromatic rings. The van der Waals surface area contributed by atoms with Crippen LogP contribution in [-0.4, -0.2) is 60.7 Å². The van der Waals surface area contributed by atoms with Gasteiger partial charge in [-0.2, -0.15) is 4.72 Å². The molecule has 2 aromatic heterocycles. The quantitative estimate of drug-likeness (QED) is 0.434. The van der Waals surface area contributed by atoms with Gasteiger partial charge in [-0.1, -0.05) is 24.6 Å². The van der Waals surface area contributed by atoms with E-state index in [2.05, 4.69) is 19.9 Å². The van der Waals surface area contributed by atoms with Crippen LogP contribution >= 0.6 is 11.6 Å². The summed E-state index contributed by atoms with van der Waals surface area (Å²) in [5.41, 5.74) is 1.36. The van der Waals surface area contributed by atoms with E-state index in [1.165, 1.54) is 12.1 Å². The molecule has 11 nitrogen and oxygen atoms in total. The molecule has 0 saturated carbocycles. The maximum atomic E-state index is 15.0. The lowest BCUT2D eigenvalue weighted by molar-refractivity contribution is -0.103. The van der Waals surface area contributed by atoms with Gasteiger partial charge in [0.25, 0.3) is 15.9 Å². The summed E-state index contributed by atoms with van der Waals surface area (Å²) < 4.78 is 54.9. The standard InChI is InChI=1S/C25H27ClFN5O6S/c1-13-4-6-17(27)19(14(13)2)15(3)20(22-29-30-24(34)38-22)31-39(35,36)18-7-5-16(26)21(28-18)23(33)32-9-8-25(10-32)11-37-12-25/h4-7,15,20,31H,8-12H2,1-3H3,(H,30,34)/t15-,20+/m1/s1. The maximum absolute atomic E-state index is 15.0. The molecular formula is C25H27ClFN5O6S. The molecule has 5 rings (SSSR count). The smallest absolute Gasteiger partial charge is 0.391 e. The fraction of sp³-hybridized carbons (Fsp3) is 0.440. The third-order valence-electron chi connectivity index (χ3n) is 7.53. The molecular weight excluding hydrogens is 553 g/mol. The highest BCUT2D eigenvalue weighted by atomic mass is 35.5. The van der Waals surface area contributed by atoms with Crippen LogP contribution in [0.15, 0.2) is 38.5 Å². The highest BCUT2D eigenvalue weighted by Crippen LogP contribution is 2.38. The fourth-order valence-corrected chi connectivity index (χ4v) is 6.51. The van der Waals surface area contributed by atoms with Crippen LogP contribution in [0, 0.1) is 25.1 Å². The van der Waals surface area contributed by atoms with Crippen molar-refractivity contribution in [1.82, 2.24) is 24.8 Å². The van der Waals surface area contributed by atoms with Crippen LogP contribution < -0.4 is 10.5 Å². The zero-order valence-corrected chi connectivity index (χ0v) is 23.0. The first-order valence-electron chi connectivity index (χ1n) is 12.3. The van der Waals surface area contributed by atoms with Crippen LogP contribution in [0.25, 0.3) is 0 Å². The molecule has 39 heavy (non-hydrogen) atoms. The lowest BCUT2D eigenvalue weighted by atomic mass is 9.85. The third-order valence-corrected chi connectivity index (χ3v) is 9.18. The van der Waals surface area contributed by atoms with Crippen molar-refractivity contribution in [1.29, 1.82) is 0 Å². The van der Waals surface area contributed by atoms with Gasteiger partial charge in [-0.3, -0.25) is 4.79 Å². The van der Waals surface area contributed by atoms with Gasteiger partial charge in [-0.25, -0.2) is 27.7 Å². The summed E-state index contributed by atoms with van der Waals surface area (Å²) in [6.07, 6.45) is 0.777. The number of aromatic amines is 1. The van der Waals surface area contributed by atoms with Crippen molar-refractivity contribution in [2.75, 3.05) is 26.3 Å². The maximum Gasteiger partial charge on any atom is 0.434 e. The molecule has 0 unspecified atom stereocenters. The molecule has 14 heteroatoms. The summed E-state index contributed by atoms with van der Waals surface area (Å²) in [5.74, 6) is -3.08. The predicted molar refractivity (Wildman–Crippen MR) is 137 cm³/mol. The molecule has 1 spiro atoms. The average Bonchev–Trinajstić information content (AvgIpc) is 3.52. The second kappa shape index (κ2) is 10.1. The Labute approximate surface area is 228 Å². The number of carbonyl (C=O) groups excluding carboxylic acids is 1. The van der Waals surface area contributed by atoms with E-state index in [4.69, 9.17) is 20.8 Å². The topological polar surface area (TPSA) is 147 Å². The van der Waals surface area contributed by atoms with Crippen LogP contribution in [0.4, 0.5) is 4.39 Å². The molecule has 0 bridgehead atoms. The molecule has 2 N–H and O–H groups in total. The van der Waals surface area contributed by atoms with Gasteiger partial charge in [0, 0.05) is 24.4 Å². The molecule has 2 fully saturated rings. The van der Waals surface area contributed by atoms with Gasteiger partial charge in [0.2, 0.25) is 5.89 Å². The lowest BCUT2D eigenvalue weighted by Gasteiger charge is -2.37. The fourth-order valence-electron chi connectivity index (χ4n) is 5.11. The van der Waals surface area contributed by atoms with Gasteiger partial charge in [0.1, 0.15) is 17.6 Å². The zero-order valence-electron chi connectivity index (χ0n) is 21.5. The summed E-state index contributed by atoms with van der Waals surface area (Å²) in [7, 11) is -4.45. The van der Waals surface area contributed by atoms with E-state index < -0.39 is 44.5 Å². The SMILES string of the molecule is Cc1ccc(F)c([C@@H](C)[C@H](NS(=O)(=O)c2ccc(Cl)c(C(=O)N3CCC4(COC4)C3)n2)c2n[nH]c(=O)o2)c1C. The number of likely N-dealkylation sites (tertiary alicyclic amines) is 1. The predicted octanol–water partition coefficient (Wildman–Crippen LogP) is 2.85. The number of nitrogens with one attached hydrogen (secondary N) is 2.